The fraction of sp³-hybridized carbons (Fsp3) is 0.345. The van der Waals surface area contributed by atoms with E-state index in [1.165, 1.54) is 17.2 Å². The van der Waals surface area contributed by atoms with Gasteiger partial charge in [0.15, 0.2) is 0 Å². The van der Waals surface area contributed by atoms with Crippen molar-refractivity contribution in [3.05, 3.63) is 101 Å². The number of benzene rings is 3. The molecule has 0 radical (unpaired) electrons. The Kier molecular flexibility index (Phi) is 11.1. The Hall–Kier alpha value is -3.18. The average Bonchev–Trinajstić information content (AvgIpc) is 3.46. The number of ether oxygens (including phenoxy) is 1. The molecule has 4 aromatic rings. The van der Waals surface area contributed by atoms with E-state index in [4.69, 9.17) is 4.74 Å². The van der Waals surface area contributed by atoms with Crippen LogP contribution in [0, 0.1) is 0 Å². The summed E-state index contributed by atoms with van der Waals surface area (Å²) in [5.41, 5.74) is 3.52. The summed E-state index contributed by atoms with van der Waals surface area (Å²) in [6.45, 7) is 6.12. The zero-order chi connectivity index (χ0) is 27.4. The molecule has 1 fully saturated rings. The number of methoxy groups -OCH3 is 1. The third kappa shape index (κ3) is 7.19. The van der Waals surface area contributed by atoms with Gasteiger partial charge in [0.2, 0.25) is 0 Å². The van der Waals surface area contributed by atoms with Crippen molar-refractivity contribution in [2.75, 3.05) is 33.3 Å². The van der Waals surface area contributed by atoms with E-state index >= 15 is 0 Å². The van der Waals surface area contributed by atoms with E-state index in [0.29, 0.717) is 12.3 Å². The molecule has 3 aromatic carbocycles. The van der Waals surface area contributed by atoms with Crippen molar-refractivity contribution < 1.29 is 17.9 Å². The number of rotatable bonds is 8. The molecule has 0 amide bonds. The second-order valence-corrected chi connectivity index (χ2v) is 9.64. The minimum atomic E-state index is -4.67. The van der Waals surface area contributed by atoms with Gasteiger partial charge in [-0.3, -0.25) is 9.80 Å². The van der Waals surface area contributed by atoms with Gasteiger partial charge in [-0.15, -0.1) is 29.9 Å². The number of halogens is 5. The summed E-state index contributed by atoms with van der Waals surface area (Å²) in [7, 11) is 1.56. The predicted molar refractivity (Wildman–Crippen MR) is 156 cm³/mol. The van der Waals surface area contributed by atoms with Crippen LogP contribution in [0.15, 0.2) is 78.9 Å². The highest BCUT2D eigenvalue weighted by Crippen LogP contribution is 2.34. The molecule has 220 valence electrons. The van der Waals surface area contributed by atoms with Crippen molar-refractivity contribution in [1.82, 2.24) is 30.0 Å². The van der Waals surface area contributed by atoms with Gasteiger partial charge in [0.05, 0.1) is 12.8 Å². The maximum Gasteiger partial charge on any atom is 0.453 e. The van der Waals surface area contributed by atoms with Gasteiger partial charge in [0, 0.05) is 43.7 Å². The quantitative estimate of drug-likeness (QED) is 0.249. The Balaban J connectivity index is 0.00000231. The lowest BCUT2D eigenvalue weighted by molar-refractivity contribution is -0.146. The van der Waals surface area contributed by atoms with Crippen LogP contribution in [0.3, 0.4) is 0 Å². The molecule has 1 aliphatic rings. The molecule has 0 N–H and O–H groups in total. The average molecular weight is 610 g/mol. The number of hydrogen-bond acceptors (Lipinski definition) is 6. The minimum Gasteiger partial charge on any atom is -0.496 e. The molecule has 0 saturated carbocycles. The first-order valence-corrected chi connectivity index (χ1v) is 13.0. The van der Waals surface area contributed by atoms with Crippen molar-refractivity contribution in [3.63, 3.8) is 0 Å². The zero-order valence-electron chi connectivity index (χ0n) is 22.7. The minimum absolute atomic E-state index is 0. The van der Waals surface area contributed by atoms with Crippen molar-refractivity contribution in [2.45, 2.75) is 31.6 Å². The maximum absolute atomic E-state index is 13.5. The summed E-state index contributed by atoms with van der Waals surface area (Å²) < 4.78 is 46.7. The van der Waals surface area contributed by atoms with Crippen LogP contribution in [0.4, 0.5) is 13.2 Å². The van der Waals surface area contributed by atoms with E-state index in [0.717, 1.165) is 36.4 Å². The van der Waals surface area contributed by atoms with Crippen LogP contribution in [-0.4, -0.2) is 69.3 Å². The van der Waals surface area contributed by atoms with Gasteiger partial charge < -0.3 is 4.74 Å². The molecular weight excluding hydrogens is 576 g/mol. The Morgan fingerprint density at radius 2 is 1.56 bits per heavy atom. The fourth-order valence-electron chi connectivity index (χ4n) is 5.52. The second kappa shape index (κ2) is 14.1. The van der Waals surface area contributed by atoms with E-state index in [2.05, 4.69) is 80.8 Å². The van der Waals surface area contributed by atoms with Crippen molar-refractivity contribution in [1.29, 1.82) is 0 Å². The van der Waals surface area contributed by atoms with Crippen LogP contribution in [0.5, 0.6) is 5.75 Å². The molecular formula is C29H33Cl2F3N6O. The van der Waals surface area contributed by atoms with Gasteiger partial charge in [-0.05, 0) is 46.3 Å². The molecule has 1 aromatic heterocycles. The van der Waals surface area contributed by atoms with Gasteiger partial charge in [-0.1, -0.05) is 67.6 Å². The molecule has 1 aliphatic heterocycles. The van der Waals surface area contributed by atoms with E-state index in [-0.39, 0.29) is 42.5 Å². The Bertz CT molecular complexity index is 1330. The largest absolute Gasteiger partial charge is 0.496 e. The number of likely N-dealkylation sites (N-methyl/N-ethyl adjacent to an activating group) is 1. The summed E-state index contributed by atoms with van der Waals surface area (Å²) in [5.74, 6) is -0.389. The third-order valence-corrected chi connectivity index (χ3v) is 7.35. The molecule has 7 nitrogen and oxygen atoms in total. The lowest BCUT2D eigenvalue weighted by Crippen LogP contribution is -2.55. The second-order valence-electron chi connectivity index (χ2n) is 9.64. The van der Waals surface area contributed by atoms with E-state index < -0.39 is 12.0 Å². The number of alkyl halides is 3. The van der Waals surface area contributed by atoms with Gasteiger partial charge in [0.1, 0.15) is 5.75 Å². The van der Waals surface area contributed by atoms with Crippen molar-refractivity contribution >= 4 is 24.8 Å². The molecule has 2 heterocycles. The van der Waals surface area contributed by atoms with Crippen molar-refractivity contribution in [2.24, 2.45) is 0 Å². The molecule has 1 saturated heterocycles. The highest BCUT2D eigenvalue weighted by molar-refractivity contribution is 5.85. The van der Waals surface area contributed by atoms with Crippen LogP contribution in [0.25, 0.3) is 5.69 Å². The van der Waals surface area contributed by atoms with E-state index in [1.54, 1.807) is 19.2 Å². The van der Waals surface area contributed by atoms with Crippen LogP contribution >= 0.6 is 24.8 Å². The first-order chi connectivity index (χ1) is 18.9. The number of aromatic nitrogens is 4. The molecule has 1 unspecified atom stereocenters. The summed E-state index contributed by atoms with van der Waals surface area (Å²) in [6.07, 6.45) is -4.67. The van der Waals surface area contributed by atoms with E-state index in [9.17, 15) is 13.2 Å². The monoisotopic (exact) mass is 608 g/mol. The normalized spacial score (nSPS) is 16.2. The molecule has 1 atom stereocenters. The number of nitrogens with zero attached hydrogens (tertiary/aromatic N) is 6. The van der Waals surface area contributed by atoms with E-state index in [1.807, 2.05) is 12.1 Å². The van der Waals surface area contributed by atoms with Crippen molar-refractivity contribution in [3.8, 4) is 11.4 Å². The Labute approximate surface area is 250 Å². The van der Waals surface area contributed by atoms with Crippen LogP contribution < -0.4 is 4.74 Å². The number of piperazine rings is 1. The predicted octanol–water partition coefficient (Wildman–Crippen LogP) is 5.87. The maximum atomic E-state index is 13.5. The molecule has 0 bridgehead atoms. The highest BCUT2D eigenvalue weighted by Gasteiger charge is 2.39. The first-order valence-electron chi connectivity index (χ1n) is 13.0. The summed E-state index contributed by atoms with van der Waals surface area (Å²) in [4.78, 5) is 4.87. The molecule has 5 rings (SSSR count). The Morgan fingerprint density at radius 3 is 2.12 bits per heavy atom. The lowest BCUT2D eigenvalue weighted by Gasteiger charge is -2.45. The smallest absolute Gasteiger partial charge is 0.453 e. The van der Waals surface area contributed by atoms with Gasteiger partial charge in [-0.2, -0.15) is 17.9 Å². The zero-order valence-corrected chi connectivity index (χ0v) is 24.4. The molecule has 12 heteroatoms. The topological polar surface area (TPSA) is 59.3 Å². The van der Waals surface area contributed by atoms with Gasteiger partial charge >= 0.3 is 6.18 Å². The number of tetrazole rings is 1. The SMILES string of the molecule is CCN1CCN(Cc2cc(-n3nnnc3C(F)(F)F)ccc2OC)CC1C(c1ccccc1)c1ccccc1.Cl.Cl. The van der Waals surface area contributed by atoms with Gasteiger partial charge in [-0.25, -0.2) is 0 Å². The highest BCUT2D eigenvalue weighted by atomic mass is 35.5. The molecule has 0 spiro atoms. The lowest BCUT2D eigenvalue weighted by atomic mass is 9.83. The number of hydrogen-bond donors (Lipinski definition) is 0. The van der Waals surface area contributed by atoms with Crippen LogP contribution in [0.2, 0.25) is 0 Å². The summed E-state index contributed by atoms with van der Waals surface area (Å²) in [6, 6.07) is 26.2. The van der Waals surface area contributed by atoms with Crippen LogP contribution in [0.1, 0.15) is 35.4 Å². The Morgan fingerprint density at radius 1 is 0.927 bits per heavy atom. The third-order valence-electron chi connectivity index (χ3n) is 7.35. The fourth-order valence-corrected chi connectivity index (χ4v) is 5.52. The molecule has 0 aliphatic carbocycles. The van der Waals surface area contributed by atoms with Crippen LogP contribution in [-0.2, 0) is 12.7 Å². The first kappa shape index (κ1) is 32.3. The summed E-state index contributed by atoms with van der Waals surface area (Å²) >= 11 is 0. The van der Waals surface area contributed by atoms with Gasteiger partial charge in [0.25, 0.3) is 5.82 Å². The standard InChI is InChI=1S/C29H31F3N6O.2ClH/c1-3-37-17-16-36(20-25(37)27(21-10-6-4-7-11-21)22-12-8-5-9-13-22)19-23-18-24(14-15-26(23)39-2)38-28(29(30,31)32)33-34-35-38;;/h4-15,18,25,27H,3,16-17,19-20H2,1-2H3;2*1H. The molecule has 41 heavy (non-hydrogen) atoms. The summed E-state index contributed by atoms with van der Waals surface area (Å²) in [5, 5.41) is 10.0.